The lowest BCUT2D eigenvalue weighted by atomic mass is 9.92. The molecule has 5 nitrogen and oxygen atoms in total. The van der Waals surface area contributed by atoms with Crippen molar-refractivity contribution < 1.29 is 19.1 Å². The van der Waals surface area contributed by atoms with Crippen LogP contribution < -0.4 is 0 Å². The van der Waals surface area contributed by atoms with E-state index in [-0.39, 0.29) is 11.9 Å². The number of hydrogen-bond donors (Lipinski definition) is 0. The first-order valence-electron chi connectivity index (χ1n) is 15.2. The van der Waals surface area contributed by atoms with Gasteiger partial charge in [0.2, 0.25) is 0 Å². The van der Waals surface area contributed by atoms with Crippen LogP contribution in [-0.2, 0) is 19.1 Å². The molecule has 1 rings (SSSR count). The van der Waals surface area contributed by atoms with Crippen LogP contribution in [0.2, 0.25) is 0 Å². The molecule has 0 N–H and O–H groups in total. The van der Waals surface area contributed by atoms with Crippen LogP contribution >= 0.6 is 0 Å². The van der Waals surface area contributed by atoms with Gasteiger partial charge in [-0.05, 0) is 57.5 Å². The zero-order valence-corrected chi connectivity index (χ0v) is 23.3. The molecule has 206 valence electrons. The number of esters is 2. The third-order valence-corrected chi connectivity index (χ3v) is 7.31. The molecular weight excluding hydrogens is 438 g/mol. The Bertz CT molecular complexity index is 495. The average molecular weight is 496 g/mol. The van der Waals surface area contributed by atoms with Gasteiger partial charge < -0.3 is 14.4 Å². The van der Waals surface area contributed by atoms with Crippen LogP contribution in [0.3, 0.4) is 0 Å². The fourth-order valence-electron chi connectivity index (χ4n) is 5.01. The quantitative estimate of drug-likeness (QED) is 0.101. The third kappa shape index (κ3) is 19.7. The van der Waals surface area contributed by atoms with E-state index in [0.717, 1.165) is 57.9 Å². The molecule has 1 saturated heterocycles. The summed E-state index contributed by atoms with van der Waals surface area (Å²) in [5, 5.41) is 0. The predicted octanol–water partition coefficient (Wildman–Crippen LogP) is 7.85. The normalized spacial score (nSPS) is 14.0. The molecule has 0 aromatic heterocycles. The largest absolute Gasteiger partial charge is 0.466 e. The molecule has 0 saturated carbocycles. The minimum atomic E-state index is -0.0490. The lowest BCUT2D eigenvalue weighted by molar-refractivity contribution is -0.145. The lowest BCUT2D eigenvalue weighted by Gasteiger charge is -2.16. The Morgan fingerprint density at radius 3 is 1.69 bits per heavy atom. The van der Waals surface area contributed by atoms with Gasteiger partial charge in [-0.1, -0.05) is 90.9 Å². The second kappa shape index (κ2) is 23.3. The summed E-state index contributed by atoms with van der Waals surface area (Å²) in [4.78, 5) is 26.3. The SMILES string of the molecule is CCCCCC(CCCCC)CCOC(=O)CCCCCCCCC(=O)OCCCN1CCCC1. The number of unbranched alkanes of at least 4 members (excludes halogenated alkanes) is 9. The Morgan fingerprint density at radius 2 is 1.14 bits per heavy atom. The van der Waals surface area contributed by atoms with E-state index in [9.17, 15) is 9.59 Å². The van der Waals surface area contributed by atoms with Gasteiger partial charge in [-0.25, -0.2) is 0 Å². The van der Waals surface area contributed by atoms with Crippen molar-refractivity contribution in [2.45, 2.75) is 142 Å². The van der Waals surface area contributed by atoms with Crippen molar-refractivity contribution in [3.05, 3.63) is 0 Å². The van der Waals surface area contributed by atoms with E-state index < -0.39 is 0 Å². The van der Waals surface area contributed by atoms with E-state index in [1.165, 1.54) is 77.3 Å². The molecule has 0 amide bonds. The van der Waals surface area contributed by atoms with Crippen molar-refractivity contribution in [3.63, 3.8) is 0 Å². The number of carbonyl (C=O) groups excluding carboxylic acids is 2. The molecule has 0 aliphatic carbocycles. The zero-order valence-electron chi connectivity index (χ0n) is 23.3. The zero-order chi connectivity index (χ0) is 25.4. The highest BCUT2D eigenvalue weighted by atomic mass is 16.5. The Labute approximate surface area is 217 Å². The lowest BCUT2D eigenvalue weighted by Crippen LogP contribution is -2.22. The van der Waals surface area contributed by atoms with E-state index in [4.69, 9.17) is 9.47 Å². The van der Waals surface area contributed by atoms with Gasteiger partial charge in [0.15, 0.2) is 0 Å². The van der Waals surface area contributed by atoms with E-state index in [2.05, 4.69) is 18.7 Å². The van der Waals surface area contributed by atoms with Crippen molar-refractivity contribution >= 4 is 11.9 Å². The maximum absolute atomic E-state index is 12.1. The van der Waals surface area contributed by atoms with Crippen molar-refractivity contribution in [2.24, 2.45) is 5.92 Å². The second-order valence-electron chi connectivity index (χ2n) is 10.6. The molecule has 0 aromatic rings. The first-order chi connectivity index (χ1) is 17.2. The van der Waals surface area contributed by atoms with Crippen LogP contribution in [0.15, 0.2) is 0 Å². The molecule has 0 bridgehead atoms. The smallest absolute Gasteiger partial charge is 0.305 e. The van der Waals surface area contributed by atoms with Crippen molar-refractivity contribution in [1.82, 2.24) is 4.90 Å². The van der Waals surface area contributed by atoms with Crippen LogP contribution in [0, 0.1) is 5.92 Å². The van der Waals surface area contributed by atoms with E-state index in [1.807, 2.05) is 0 Å². The molecule has 1 heterocycles. The average Bonchev–Trinajstić information content (AvgIpc) is 3.37. The molecule has 0 aromatic carbocycles. The molecule has 1 aliphatic heterocycles. The van der Waals surface area contributed by atoms with Gasteiger partial charge in [-0.2, -0.15) is 0 Å². The van der Waals surface area contributed by atoms with Gasteiger partial charge in [0.1, 0.15) is 0 Å². The number of nitrogens with zero attached hydrogens (tertiary/aromatic N) is 1. The summed E-state index contributed by atoms with van der Waals surface area (Å²) in [6, 6.07) is 0. The summed E-state index contributed by atoms with van der Waals surface area (Å²) < 4.78 is 10.9. The molecule has 0 atom stereocenters. The second-order valence-corrected chi connectivity index (χ2v) is 10.6. The van der Waals surface area contributed by atoms with Crippen LogP contribution in [0.4, 0.5) is 0 Å². The van der Waals surface area contributed by atoms with Crippen molar-refractivity contribution in [2.75, 3.05) is 32.8 Å². The first kappa shape index (κ1) is 31.9. The van der Waals surface area contributed by atoms with E-state index >= 15 is 0 Å². The maximum atomic E-state index is 12.1. The summed E-state index contributed by atoms with van der Waals surface area (Å²) in [6.07, 6.45) is 22.2. The molecule has 1 aliphatic rings. The van der Waals surface area contributed by atoms with Gasteiger partial charge in [0.25, 0.3) is 0 Å². The van der Waals surface area contributed by atoms with Crippen molar-refractivity contribution in [1.29, 1.82) is 0 Å². The molecule has 0 radical (unpaired) electrons. The highest BCUT2D eigenvalue weighted by molar-refractivity contribution is 5.69. The fourth-order valence-corrected chi connectivity index (χ4v) is 5.01. The number of carbonyl (C=O) groups is 2. The van der Waals surface area contributed by atoms with E-state index in [1.54, 1.807) is 0 Å². The number of hydrogen-bond acceptors (Lipinski definition) is 5. The summed E-state index contributed by atoms with van der Waals surface area (Å²) in [7, 11) is 0. The van der Waals surface area contributed by atoms with Gasteiger partial charge in [-0.3, -0.25) is 9.59 Å². The summed E-state index contributed by atoms with van der Waals surface area (Å²) in [5.41, 5.74) is 0. The Morgan fingerprint density at radius 1 is 0.629 bits per heavy atom. The Kier molecular flexibility index (Phi) is 21.3. The number of rotatable bonds is 24. The molecule has 35 heavy (non-hydrogen) atoms. The summed E-state index contributed by atoms with van der Waals surface area (Å²) >= 11 is 0. The van der Waals surface area contributed by atoms with Crippen LogP contribution in [-0.4, -0.2) is 49.7 Å². The Balaban J connectivity index is 1.91. The topological polar surface area (TPSA) is 55.8 Å². The predicted molar refractivity (Wildman–Crippen MR) is 146 cm³/mol. The molecular formula is C30H57NO4. The molecule has 0 spiro atoms. The summed E-state index contributed by atoms with van der Waals surface area (Å²) in [6.45, 7) is 9.12. The van der Waals surface area contributed by atoms with Gasteiger partial charge in [0.05, 0.1) is 13.2 Å². The fraction of sp³-hybridized carbons (Fsp3) is 0.933. The van der Waals surface area contributed by atoms with Crippen LogP contribution in [0.25, 0.3) is 0 Å². The van der Waals surface area contributed by atoms with Gasteiger partial charge >= 0.3 is 11.9 Å². The van der Waals surface area contributed by atoms with Crippen LogP contribution in [0.1, 0.15) is 142 Å². The molecule has 5 heteroatoms. The molecule has 0 unspecified atom stereocenters. The number of likely N-dealkylation sites (tertiary alicyclic amines) is 1. The van der Waals surface area contributed by atoms with Crippen LogP contribution in [0.5, 0.6) is 0 Å². The van der Waals surface area contributed by atoms with E-state index in [0.29, 0.717) is 32.0 Å². The highest BCUT2D eigenvalue weighted by Gasteiger charge is 2.12. The molecule has 1 fully saturated rings. The first-order valence-corrected chi connectivity index (χ1v) is 15.2. The maximum Gasteiger partial charge on any atom is 0.305 e. The van der Waals surface area contributed by atoms with Crippen molar-refractivity contribution in [3.8, 4) is 0 Å². The van der Waals surface area contributed by atoms with Gasteiger partial charge in [0, 0.05) is 19.4 Å². The number of ether oxygens (including phenoxy) is 2. The third-order valence-electron chi connectivity index (χ3n) is 7.31. The minimum Gasteiger partial charge on any atom is -0.466 e. The highest BCUT2D eigenvalue weighted by Crippen LogP contribution is 2.21. The monoisotopic (exact) mass is 495 g/mol. The van der Waals surface area contributed by atoms with Gasteiger partial charge in [-0.15, -0.1) is 0 Å². The standard InChI is InChI=1S/C30H57NO4/c1-3-5-11-18-28(19-12-6-4-2)22-27-35-30(33)21-14-10-8-7-9-13-20-29(32)34-26-17-25-31-23-15-16-24-31/h28H,3-27H2,1-2H3. The Hall–Kier alpha value is -1.10. The minimum absolute atomic E-state index is 0.0293. The summed E-state index contributed by atoms with van der Waals surface area (Å²) in [5.74, 6) is 0.638.